The molecule has 2 heterocycles. The smallest absolute Gasteiger partial charge is 0.411 e. The summed E-state index contributed by atoms with van der Waals surface area (Å²) in [6.07, 6.45) is -1.27. The monoisotopic (exact) mass is 535 g/mol. The quantitative estimate of drug-likeness (QED) is 0.148. The van der Waals surface area contributed by atoms with E-state index in [-0.39, 0.29) is 25.6 Å². The Morgan fingerprint density at radius 3 is 2.61 bits per heavy atom. The second-order valence-corrected chi connectivity index (χ2v) is 9.53. The summed E-state index contributed by atoms with van der Waals surface area (Å²) in [6.45, 7) is 5.38. The number of aromatic nitrogens is 2. The van der Waals surface area contributed by atoms with Crippen molar-refractivity contribution in [3.05, 3.63) is 76.4 Å². The lowest BCUT2D eigenvalue weighted by atomic mass is 10.1. The van der Waals surface area contributed by atoms with Crippen LogP contribution in [0.5, 0.6) is 5.75 Å². The largest absolute Gasteiger partial charge is 0.481 e. The molecule has 1 amide bonds. The van der Waals surface area contributed by atoms with E-state index < -0.39 is 18.2 Å². The molecule has 4 rings (SSSR count). The molecular weight excluding hydrogens is 506 g/mol. The highest BCUT2D eigenvalue weighted by Crippen LogP contribution is 2.35. The summed E-state index contributed by atoms with van der Waals surface area (Å²) in [6, 6.07) is 16.9. The van der Waals surface area contributed by atoms with Crippen molar-refractivity contribution < 1.29 is 23.8 Å². The van der Waals surface area contributed by atoms with Crippen molar-refractivity contribution in [1.29, 1.82) is 5.41 Å². The molecule has 0 aliphatic carbocycles. The van der Waals surface area contributed by atoms with E-state index in [0.29, 0.717) is 27.7 Å². The minimum Gasteiger partial charge on any atom is -0.481 e. The Labute approximate surface area is 223 Å². The summed E-state index contributed by atoms with van der Waals surface area (Å²) >= 11 is 1.41. The van der Waals surface area contributed by atoms with Gasteiger partial charge in [-0.05, 0) is 44.5 Å². The Balaban J connectivity index is 1.49. The lowest BCUT2D eigenvalue weighted by Crippen LogP contribution is -2.21. The number of carbonyl (C=O) groups is 2. The Bertz CT molecular complexity index is 1460. The van der Waals surface area contributed by atoms with Gasteiger partial charge in [-0.15, -0.1) is 11.3 Å². The van der Waals surface area contributed by atoms with Crippen LogP contribution in [0, 0.1) is 19.3 Å². The van der Waals surface area contributed by atoms with Gasteiger partial charge < -0.3 is 19.9 Å². The number of hydrogen-bond donors (Lipinski definition) is 3. The van der Waals surface area contributed by atoms with Gasteiger partial charge in [0.25, 0.3) is 0 Å². The van der Waals surface area contributed by atoms with Crippen molar-refractivity contribution in [3.8, 4) is 5.75 Å². The van der Waals surface area contributed by atoms with Gasteiger partial charge in [-0.3, -0.25) is 20.2 Å². The molecule has 0 saturated heterocycles. The van der Waals surface area contributed by atoms with Gasteiger partial charge in [-0.1, -0.05) is 36.4 Å². The van der Waals surface area contributed by atoms with Gasteiger partial charge in [-0.25, -0.2) is 4.79 Å². The predicted molar refractivity (Wildman–Crippen MR) is 146 cm³/mol. The molecule has 0 aliphatic rings. The fraction of sp³-hybridized carbons (Fsp3) is 0.259. The van der Waals surface area contributed by atoms with E-state index in [1.54, 1.807) is 20.8 Å². The lowest BCUT2D eigenvalue weighted by Gasteiger charge is -2.20. The number of amides is 1. The number of nitrogens with zero attached hydrogens (tertiary/aromatic N) is 2. The number of rotatable bonds is 10. The van der Waals surface area contributed by atoms with Crippen LogP contribution in [0.15, 0.2) is 54.6 Å². The van der Waals surface area contributed by atoms with Gasteiger partial charge >= 0.3 is 12.1 Å². The molecule has 4 N–H and O–H groups in total. The van der Waals surface area contributed by atoms with Gasteiger partial charge in [-0.2, -0.15) is 5.10 Å². The highest BCUT2D eigenvalue weighted by Gasteiger charge is 2.21. The van der Waals surface area contributed by atoms with Crippen LogP contribution in [0.25, 0.3) is 10.1 Å². The van der Waals surface area contributed by atoms with E-state index >= 15 is 0 Å². The maximum absolute atomic E-state index is 12.8. The Kier molecular flexibility index (Phi) is 8.27. The summed E-state index contributed by atoms with van der Waals surface area (Å²) in [4.78, 5) is 25.3. The highest BCUT2D eigenvalue weighted by molar-refractivity contribution is 7.20. The standard InChI is InChI=1S/C27H29N5O5S/c1-4-35-24(33)14-32-17(3)25(16(2)31-32)30-27(34)36-15-21(18-9-6-5-7-10-18)37-20-11-8-12-22-19(20)13-23(38-22)26(28)29/h5-13,21H,4,14-15H2,1-3H3,(H3,28,29)(H,30,34). The number of nitrogens with one attached hydrogen (secondary N) is 2. The number of nitrogens with two attached hydrogens (primary N) is 1. The molecule has 0 radical (unpaired) electrons. The van der Waals surface area contributed by atoms with E-state index in [1.165, 1.54) is 16.0 Å². The van der Waals surface area contributed by atoms with Crippen LogP contribution in [0.1, 0.15) is 34.9 Å². The van der Waals surface area contributed by atoms with E-state index in [9.17, 15) is 9.59 Å². The minimum absolute atomic E-state index is 0.00655. The number of fused-ring (bicyclic) bond motifs is 1. The average molecular weight is 536 g/mol. The maximum atomic E-state index is 12.8. The fourth-order valence-corrected chi connectivity index (χ4v) is 4.88. The van der Waals surface area contributed by atoms with E-state index in [1.807, 2.05) is 54.6 Å². The van der Waals surface area contributed by atoms with Crippen molar-refractivity contribution in [3.63, 3.8) is 0 Å². The topological polar surface area (TPSA) is 142 Å². The zero-order valence-corrected chi connectivity index (χ0v) is 22.1. The molecule has 0 aliphatic heterocycles. The summed E-state index contributed by atoms with van der Waals surface area (Å²) in [5.74, 6) is 0.176. The highest BCUT2D eigenvalue weighted by atomic mass is 32.1. The number of thiophene rings is 1. The van der Waals surface area contributed by atoms with Crippen molar-refractivity contribution in [1.82, 2.24) is 9.78 Å². The molecule has 198 valence electrons. The number of anilines is 1. The fourth-order valence-electron chi connectivity index (χ4n) is 3.94. The molecule has 0 saturated carbocycles. The molecule has 4 aromatic rings. The minimum atomic E-state index is -0.677. The molecule has 0 spiro atoms. The van der Waals surface area contributed by atoms with E-state index in [4.69, 9.17) is 25.4 Å². The average Bonchev–Trinajstić information content (AvgIpc) is 3.45. The van der Waals surface area contributed by atoms with Crippen LogP contribution in [-0.2, 0) is 20.8 Å². The van der Waals surface area contributed by atoms with Crippen LogP contribution in [-0.4, -0.2) is 40.9 Å². The number of aryl methyl sites for hydroxylation is 1. The number of hydrogen-bond acceptors (Lipinski definition) is 8. The van der Waals surface area contributed by atoms with Gasteiger partial charge in [0.1, 0.15) is 24.7 Å². The summed E-state index contributed by atoms with van der Waals surface area (Å²) in [7, 11) is 0. The number of benzene rings is 2. The van der Waals surface area contributed by atoms with Gasteiger partial charge in [0, 0.05) is 10.1 Å². The molecule has 2 aromatic carbocycles. The first-order valence-corrected chi connectivity index (χ1v) is 12.8. The predicted octanol–water partition coefficient (Wildman–Crippen LogP) is 4.93. The van der Waals surface area contributed by atoms with Gasteiger partial charge in [0.15, 0.2) is 6.10 Å². The summed E-state index contributed by atoms with van der Waals surface area (Å²) in [5, 5.41) is 15.6. The Hall–Kier alpha value is -4.38. The van der Waals surface area contributed by atoms with Crippen LogP contribution < -0.4 is 15.8 Å². The van der Waals surface area contributed by atoms with Gasteiger partial charge in [0.05, 0.1) is 28.6 Å². The number of amidine groups is 1. The van der Waals surface area contributed by atoms with Crippen molar-refractivity contribution in [2.45, 2.75) is 33.4 Å². The van der Waals surface area contributed by atoms with E-state index in [2.05, 4.69) is 10.4 Å². The molecular formula is C27H29N5O5S. The molecule has 10 nitrogen and oxygen atoms in total. The molecule has 2 aromatic heterocycles. The normalized spacial score (nSPS) is 11.7. The molecule has 1 atom stereocenters. The number of ether oxygens (including phenoxy) is 3. The van der Waals surface area contributed by atoms with Crippen LogP contribution in [0.4, 0.5) is 10.5 Å². The first-order chi connectivity index (χ1) is 18.3. The van der Waals surface area contributed by atoms with Crippen LogP contribution in [0.3, 0.4) is 0 Å². The van der Waals surface area contributed by atoms with Crippen LogP contribution in [0.2, 0.25) is 0 Å². The second kappa shape index (κ2) is 11.8. The second-order valence-electron chi connectivity index (χ2n) is 8.44. The number of carbonyl (C=O) groups excluding carboxylic acids is 2. The summed E-state index contributed by atoms with van der Waals surface area (Å²) < 4.78 is 19.3. The molecule has 1 unspecified atom stereocenters. The third-order valence-electron chi connectivity index (χ3n) is 5.79. The lowest BCUT2D eigenvalue weighted by molar-refractivity contribution is -0.144. The van der Waals surface area contributed by atoms with E-state index in [0.717, 1.165) is 15.6 Å². The molecule has 38 heavy (non-hydrogen) atoms. The first kappa shape index (κ1) is 26.7. The zero-order valence-electron chi connectivity index (χ0n) is 21.3. The number of nitrogen functional groups attached to an aromatic ring is 1. The van der Waals surface area contributed by atoms with Crippen molar-refractivity contribution >= 4 is 45.0 Å². The Morgan fingerprint density at radius 2 is 1.89 bits per heavy atom. The number of esters is 1. The molecule has 0 fully saturated rings. The summed E-state index contributed by atoms with van der Waals surface area (Å²) in [5.41, 5.74) is 8.13. The zero-order chi connectivity index (χ0) is 27.2. The maximum Gasteiger partial charge on any atom is 0.411 e. The van der Waals surface area contributed by atoms with Gasteiger partial charge in [0.2, 0.25) is 0 Å². The van der Waals surface area contributed by atoms with Crippen molar-refractivity contribution in [2.75, 3.05) is 18.5 Å². The molecule has 0 bridgehead atoms. The van der Waals surface area contributed by atoms with Crippen LogP contribution >= 0.6 is 11.3 Å². The first-order valence-electron chi connectivity index (χ1n) is 12.0. The Morgan fingerprint density at radius 1 is 1.13 bits per heavy atom. The molecule has 11 heteroatoms. The third kappa shape index (κ3) is 6.12. The van der Waals surface area contributed by atoms with Crippen molar-refractivity contribution in [2.24, 2.45) is 5.73 Å². The SMILES string of the molecule is CCOC(=O)Cn1nc(C)c(NC(=O)OCC(Oc2cccc3sc(C(=N)N)cc23)c2ccccc2)c1C. The third-order valence-corrected chi connectivity index (χ3v) is 6.92.